The van der Waals surface area contributed by atoms with Gasteiger partial charge in [0.25, 0.3) is 0 Å². The number of carbonyl (C=O) groups is 1. The summed E-state index contributed by atoms with van der Waals surface area (Å²) in [5, 5.41) is 0.667. The number of aromatic nitrogens is 5. The Kier molecular flexibility index (Phi) is 10.4. The van der Waals surface area contributed by atoms with Crippen LogP contribution in [0.1, 0.15) is 64.8 Å². The van der Waals surface area contributed by atoms with Crippen molar-refractivity contribution in [1.29, 1.82) is 0 Å². The number of rotatable bonds is 10. The van der Waals surface area contributed by atoms with Gasteiger partial charge in [-0.3, -0.25) is 4.79 Å². The molecule has 254 valence electrons. The van der Waals surface area contributed by atoms with E-state index < -0.39 is 11.5 Å². The minimum absolute atomic E-state index is 0.165. The lowest BCUT2D eigenvalue weighted by Gasteiger charge is -2.44. The molecule has 1 saturated heterocycles. The van der Waals surface area contributed by atoms with Crippen molar-refractivity contribution in [3.8, 4) is 23.0 Å². The third kappa shape index (κ3) is 6.64. The first-order valence-corrected chi connectivity index (χ1v) is 16.4. The summed E-state index contributed by atoms with van der Waals surface area (Å²) in [6.07, 6.45) is 1.30. The van der Waals surface area contributed by atoms with Crippen molar-refractivity contribution in [2.24, 2.45) is 0 Å². The third-order valence-electron chi connectivity index (χ3n) is 8.40. The molecule has 0 radical (unpaired) electrons. The molecular weight excluding hydrogens is 637 g/mol. The normalized spacial score (nSPS) is 16.6. The van der Waals surface area contributed by atoms with E-state index in [1.165, 1.54) is 16.7 Å². The molecule has 0 N–H and O–H groups in total. The number of ether oxygens (including phenoxy) is 2. The second kappa shape index (κ2) is 14.4. The van der Waals surface area contributed by atoms with Crippen molar-refractivity contribution in [3.05, 3.63) is 75.7 Å². The molecule has 0 aliphatic carbocycles. The lowest BCUT2D eigenvalue weighted by Crippen LogP contribution is -2.58. The van der Waals surface area contributed by atoms with Gasteiger partial charge < -0.3 is 19.3 Å². The van der Waals surface area contributed by atoms with Gasteiger partial charge in [0.15, 0.2) is 5.65 Å². The van der Waals surface area contributed by atoms with Gasteiger partial charge in [0.2, 0.25) is 5.91 Å². The molecule has 4 heterocycles. The summed E-state index contributed by atoms with van der Waals surface area (Å²) in [5.74, 6) is -0.642. The molecule has 0 bridgehead atoms. The van der Waals surface area contributed by atoms with E-state index in [1.807, 2.05) is 46.4 Å². The molecule has 11 nitrogen and oxygen atoms in total. The SMILES string of the molecule is C=CC(=O)N1CC(C)N(c2nc(=O)n(-c3c(C(C)C)nc(OCCOC)nc3C(C)C)c3nc(-c4ccccc4F)c(Cl)cc23)CC1C. The molecule has 48 heavy (non-hydrogen) atoms. The number of benzene rings is 1. The number of nitrogens with zero attached hydrogens (tertiary/aromatic N) is 7. The number of hydrogen-bond acceptors (Lipinski definition) is 9. The Bertz CT molecular complexity index is 1890. The van der Waals surface area contributed by atoms with Gasteiger partial charge >= 0.3 is 11.7 Å². The van der Waals surface area contributed by atoms with Gasteiger partial charge in [-0.15, -0.1) is 0 Å². The highest BCUT2D eigenvalue weighted by molar-refractivity contribution is 6.33. The maximum atomic E-state index is 15.2. The first-order valence-electron chi connectivity index (χ1n) is 16.0. The molecule has 4 aromatic rings. The Morgan fingerprint density at radius 1 is 1.04 bits per heavy atom. The van der Waals surface area contributed by atoms with Crippen LogP contribution in [0.15, 0.2) is 47.8 Å². The molecule has 2 unspecified atom stereocenters. The first kappa shape index (κ1) is 34.9. The van der Waals surface area contributed by atoms with Crippen LogP contribution in [-0.4, -0.2) is 80.8 Å². The van der Waals surface area contributed by atoms with E-state index in [0.29, 0.717) is 48.0 Å². The molecule has 2 atom stereocenters. The molecule has 1 amide bonds. The summed E-state index contributed by atoms with van der Waals surface area (Å²) in [6.45, 7) is 16.8. The predicted molar refractivity (Wildman–Crippen MR) is 185 cm³/mol. The number of halogens is 2. The molecule has 0 spiro atoms. The van der Waals surface area contributed by atoms with E-state index in [9.17, 15) is 9.59 Å². The minimum atomic E-state index is -0.614. The average molecular weight is 678 g/mol. The summed E-state index contributed by atoms with van der Waals surface area (Å²) in [5.41, 5.74) is 1.52. The quantitative estimate of drug-likeness (QED) is 0.149. The first-order chi connectivity index (χ1) is 22.9. The maximum absolute atomic E-state index is 15.2. The Hall–Kier alpha value is -4.42. The van der Waals surface area contributed by atoms with Crippen molar-refractivity contribution < 1.29 is 18.7 Å². The zero-order valence-corrected chi connectivity index (χ0v) is 29.1. The van der Waals surface area contributed by atoms with Crippen LogP contribution in [0.3, 0.4) is 0 Å². The van der Waals surface area contributed by atoms with Gasteiger partial charge in [-0.2, -0.15) is 15.0 Å². The number of piperazine rings is 1. The molecule has 5 rings (SSSR count). The Labute approximate surface area is 284 Å². The number of hydrogen-bond donors (Lipinski definition) is 0. The molecule has 13 heteroatoms. The van der Waals surface area contributed by atoms with Crippen molar-refractivity contribution in [2.75, 3.05) is 38.3 Å². The van der Waals surface area contributed by atoms with Crippen LogP contribution < -0.4 is 15.3 Å². The highest BCUT2D eigenvalue weighted by atomic mass is 35.5. The lowest BCUT2D eigenvalue weighted by atomic mass is 10.0. The fraction of sp³-hybridized carbons (Fsp3) is 0.429. The highest BCUT2D eigenvalue weighted by Gasteiger charge is 2.34. The number of fused-ring (bicyclic) bond motifs is 1. The smallest absolute Gasteiger partial charge is 0.355 e. The van der Waals surface area contributed by atoms with Crippen LogP contribution in [0, 0.1) is 5.82 Å². The zero-order valence-electron chi connectivity index (χ0n) is 28.3. The van der Waals surface area contributed by atoms with E-state index in [4.69, 9.17) is 36.0 Å². The fourth-order valence-electron chi connectivity index (χ4n) is 6.00. The molecule has 1 aliphatic heterocycles. The number of pyridine rings is 1. The number of carbonyl (C=O) groups excluding carboxylic acids is 1. The predicted octanol–water partition coefficient (Wildman–Crippen LogP) is 5.91. The van der Waals surface area contributed by atoms with Crippen LogP contribution in [0.5, 0.6) is 6.01 Å². The second-order valence-corrected chi connectivity index (χ2v) is 13.0. The number of methoxy groups -OCH3 is 1. The summed E-state index contributed by atoms with van der Waals surface area (Å²) < 4.78 is 27.6. The van der Waals surface area contributed by atoms with E-state index >= 15 is 4.39 Å². The third-order valence-corrected chi connectivity index (χ3v) is 8.69. The largest absolute Gasteiger partial charge is 0.461 e. The van der Waals surface area contributed by atoms with E-state index in [0.717, 1.165) is 0 Å². The molecule has 1 fully saturated rings. The molecule has 3 aromatic heterocycles. The lowest BCUT2D eigenvalue weighted by molar-refractivity contribution is -0.128. The average Bonchev–Trinajstić information content (AvgIpc) is 3.05. The van der Waals surface area contributed by atoms with Crippen LogP contribution in [0.25, 0.3) is 28.0 Å². The maximum Gasteiger partial charge on any atom is 0.355 e. The monoisotopic (exact) mass is 677 g/mol. The van der Waals surface area contributed by atoms with Gasteiger partial charge in [0.1, 0.15) is 18.2 Å². The van der Waals surface area contributed by atoms with Gasteiger partial charge in [-0.25, -0.2) is 18.7 Å². The molecule has 1 aliphatic rings. The summed E-state index contributed by atoms with van der Waals surface area (Å²) in [4.78, 5) is 49.8. The number of anilines is 1. The van der Waals surface area contributed by atoms with Crippen molar-refractivity contribution in [2.45, 2.75) is 65.5 Å². The molecular formula is C35H41ClFN7O4. The van der Waals surface area contributed by atoms with E-state index in [1.54, 1.807) is 36.3 Å². The Morgan fingerprint density at radius 2 is 1.71 bits per heavy atom. The highest BCUT2D eigenvalue weighted by Crippen LogP contribution is 2.37. The zero-order chi connectivity index (χ0) is 34.9. The molecule has 1 aromatic carbocycles. The molecule has 0 saturated carbocycles. The summed E-state index contributed by atoms with van der Waals surface area (Å²) >= 11 is 6.87. The Balaban J connectivity index is 1.84. The van der Waals surface area contributed by atoms with Crippen LogP contribution >= 0.6 is 11.6 Å². The number of amides is 1. The van der Waals surface area contributed by atoms with Crippen LogP contribution in [0.2, 0.25) is 5.02 Å². The topological polar surface area (TPSA) is 116 Å². The summed E-state index contributed by atoms with van der Waals surface area (Å²) in [7, 11) is 1.58. The van der Waals surface area contributed by atoms with Gasteiger partial charge in [-0.05, 0) is 50.0 Å². The van der Waals surface area contributed by atoms with Gasteiger partial charge in [0, 0.05) is 37.8 Å². The Morgan fingerprint density at radius 3 is 2.31 bits per heavy atom. The van der Waals surface area contributed by atoms with E-state index in [2.05, 4.69) is 11.6 Å². The standard InChI is InChI=1S/C35H41ClFN7O4/c1-9-27(45)42-17-22(7)43(18-21(42)6)32-24-16-25(36)30(23-12-10-11-13-26(23)37)38-33(24)44(35(46)41-32)31-28(19(2)3)39-34(48-15-14-47-8)40-29(31)20(4)5/h9-13,16,19-22H,1,14-15,17-18H2,2-8H3. The van der Waals surface area contributed by atoms with Crippen molar-refractivity contribution >= 4 is 34.4 Å². The van der Waals surface area contributed by atoms with Crippen LogP contribution in [-0.2, 0) is 9.53 Å². The second-order valence-electron chi connectivity index (χ2n) is 12.5. The fourth-order valence-corrected chi connectivity index (χ4v) is 6.25. The van der Waals surface area contributed by atoms with E-state index in [-0.39, 0.29) is 64.4 Å². The van der Waals surface area contributed by atoms with Crippen molar-refractivity contribution in [1.82, 2.24) is 29.4 Å². The van der Waals surface area contributed by atoms with Gasteiger partial charge in [-0.1, -0.05) is 58.0 Å². The van der Waals surface area contributed by atoms with Crippen molar-refractivity contribution in [3.63, 3.8) is 0 Å². The summed E-state index contributed by atoms with van der Waals surface area (Å²) in [6, 6.07) is 7.63. The minimum Gasteiger partial charge on any atom is -0.461 e. The van der Waals surface area contributed by atoms with Crippen LogP contribution in [0.4, 0.5) is 10.2 Å². The van der Waals surface area contributed by atoms with Gasteiger partial charge in [0.05, 0.1) is 39.8 Å².